The number of amides is 1. The van der Waals surface area contributed by atoms with Gasteiger partial charge in [-0.05, 0) is 18.6 Å². The molecule has 1 saturated heterocycles. The van der Waals surface area contributed by atoms with E-state index in [1.165, 1.54) is 0 Å². The highest BCUT2D eigenvalue weighted by Crippen LogP contribution is 2.36. The fraction of sp³-hybridized carbons (Fsp3) is 0.389. The first-order valence-corrected chi connectivity index (χ1v) is 10.0. The maximum absolute atomic E-state index is 12.8. The van der Waals surface area contributed by atoms with Gasteiger partial charge in [-0.25, -0.2) is 4.79 Å². The van der Waals surface area contributed by atoms with Crippen molar-refractivity contribution >= 4 is 29.4 Å². The lowest BCUT2D eigenvalue weighted by Gasteiger charge is -2.32. The molecule has 8 nitrogen and oxygen atoms in total. The molecule has 142 valence electrons. The van der Waals surface area contributed by atoms with E-state index in [1.807, 2.05) is 11.6 Å². The first-order chi connectivity index (χ1) is 13.0. The standard InChI is InChI=1S/C18H20N4O4S/c1-12-7-21-17(9-20(12)11-23)16(6-19-21)22-8-13(10-27(22)26)14-4-2-3-5-15(14)18(24)25/h2-6,11-13H,7-10H2,1H3,(H,24,25)/t12-,13?,27?/m0/s1. The Morgan fingerprint density at radius 1 is 1.37 bits per heavy atom. The van der Waals surface area contributed by atoms with Crippen LogP contribution >= 0.6 is 0 Å². The van der Waals surface area contributed by atoms with Crippen LogP contribution in [0.15, 0.2) is 30.5 Å². The highest BCUT2D eigenvalue weighted by atomic mass is 32.2. The van der Waals surface area contributed by atoms with Crippen LogP contribution in [-0.4, -0.2) is 55.1 Å². The third-order valence-corrected chi connectivity index (χ3v) is 6.80. The lowest BCUT2D eigenvalue weighted by Crippen LogP contribution is -2.41. The molecule has 3 atom stereocenters. The molecular formula is C18H20N4O4S. The Balaban J connectivity index is 1.63. The van der Waals surface area contributed by atoms with Crippen LogP contribution in [0.25, 0.3) is 0 Å². The molecule has 1 amide bonds. The average molecular weight is 388 g/mol. The number of carbonyl (C=O) groups is 2. The number of aromatic carboxylic acids is 1. The van der Waals surface area contributed by atoms with E-state index >= 15 is 0 Å². The van der Waals surface area contributed by atoms with Crippen LogP contribution in [0.5, 0.6) is 0 Å². The van der Waals surface area contributed by atoms with Gasteiger partial charge in [0.05, 0.1) is 54.4 Å². The summed E-state index contributed by atoms with van der Waals surface area (Å²) in [5.74, 6) is -0.755. The van der Waals surface area contributed by atoms with E-state index in [1.54, 1.807) is 39.7 Å². The summed E-state index contributed by atoms with van der Waals surface area (Å²) in [4.78, 5) is 24.5. The third-order valence-electron chi connectivity index (χ3n) is 5.27. The molecule has 0 saturated carbocycles. The average Bonchev–Trinajstić information content (AvgIpc) is 3.23. The van der Waals surface area contributed by atoms with Gasteiger partial charge in [0, 0.05) is 6.04 Å². The van der Waals surface area contributed by atoms with E-state index in [-0.39, 0.29) is 17.5 Å². The maximum atomic E-state index is 12.8. The van der Waals surface area contributed by atoms with Gasteiger partial charge >= 0.3 is 5.97 Å². The molecular weight excluding hydrogens is 368 g/mol. The number of hydrogen-bond acceptors (Lipinski definition) is 5. The molecule has 1 N–H and O–H groups in total. The highest BCUT2D eigenvalue weighted by Gasteiger charge is 2.40. The van der Waals surface area contributed by atoms with E-state index in [9.17, 15) is 19.2 Å². The zero-order valence-corrected chi connectivity index (χ0v) is 15.6. The van der Waals surface area contributed by atoms with Crippen LogP contribution in [0.2, 0.25) is 0 Å². The summed E-state index contributed by atoms with van der Waals surface area (Å²) in [6.07, 6.45) is 2.53. The third kappa shape index (κ3) is 3.06. The molecule has 0 aliphatic carbocycles. The summed E-state index contributed by atoms with van der Waals surface area (Å²) in [6.45, 7) is 3.43. The second-order valence-corrected chi connectivity index (χ2v) is 8.34. The Hall–Kier alpha value is -2.52. The van der Waals surface area contributed by atoms with Crippen LogP contribution in [0.4, 0.5) is 5.69 Å². The summed E-state index contributed by atoms with van der Waals surface area (Å²) in [5.41, 5.74) is 2.56. The zero-order chi connectivity index (χ0) is 19.1. The van der Waals surface area contributed by atoms with Crippen LogP contribution in [0.3, 0.4) is 0 Å². The summed E-state index contributed by atoms with van der Waals surface area (Å²) in [6, 6.07) is 6.92. The number of carboxylic acid groups (broad SMARTS) is 1. The maximum Gasteiger partial charge on any atom is 0.335 e. The monoisotopic (exact) mass is 388 g/mol. The first kappa shape index (κ1) is 17.9. The van der Waals surface area contributed by atoms with Gasteiger partial charge in [0.25, 0.3) is 0 Å². The Morgan fingerprint density at radius 3 is 2.89 bits per heavy atom. The molecule has 2 aromatic rings. The molecule has 2 unspecified atom stereocenters. The summed E-state index contributed by atoms with van der Waals surface area (Å²) in [5, 5.41) is 13.8. The highest BCUT2D eigenvalue weighted by molar-refractivity contribution is 7.93. The molecule has 0 bridgehead atoms. The molecule has 2 aliphatic heterocycles. The van der Waals surface area contributed by atoms with E-state index < -0.39 is 17.3 Å². The first-order valence-electron chi connectivity index (χ1n) is 8.73. The Bertz CT molecular complexity index is 886. The SMILES string of the molecule is C[C@H]1Cn2ncc(N3CC(c4ccccc4C(=O)O)C[S+]3[O-])c2CN1C=O. The number of anilines is 1. The Kier molecular flexibility index (Phi) is 4.56. The van der Waals surface area contributed by atoms with Gasteiger partial charge in [-0.2, -0.15) is 9.40 Å². The molecule has 9 heteroatoms. The number of carbonyl (C=O) groups excluding carboxylic acids is 1. The molecule has 0 radical (unpaired) electrons. The number of hydrogen-bond donors (Lipinski definition) is 1. The van der Waals surface area contributed by atoms with Crippen molar-refractivity contribution in [2.75, 3.05) is 16.6 Å². The molecule has 1 aromatic carbocycles. The van der Waals surface area contributed by atoms with Crippen molar-refractivity contribution < 1.29 is 19.2 Å². The van der Waals surface area contributed by atoms with E-state index in [2.05, 4.69) is 5.10 Å². The fourth-order valence-electron chi connectivity index (χ4n) is 3.80. The van der Waals surface area contributed by atoms with Crippen molar-refractivity contribution in [3.63, 3.8) is 0 Å². The summed E-state index contributed by atoms with van der Waals surface area (Å²) >= 11 is -1.28. The smallest absolute Gasteiger partial charge is 0.335 e. The molecule has 1 aromatic heterocycles. The minimum Gasteiger partial charge on any atom is -0.593 e. The Morgan fingerprint density at radius 2 is 2.15 bits per heavy atom. The molecule has 2 aliphatic rings. The van der Waals surface area contributed by atoms with Gasteiger partial charge in [0.15, 0.2) is 0 Å². The van der Waals surface area contributed by atoms with Gasteiger partial charge in [-0.3, -0.25) is 9.48 Å². The number of benzene rings is 1. The van der Waals surface area contributed by atoms with Crippen LogP contribution in [0, 0.1) is 0 Å². The van der Waals surface area contributed by atoms with Gasteiger partial charge in [-0.15, -0.1) is 0 Å². The lowest BCUT2D eigenvalue weighted by molar-refractivity contribution is -0.121. The topological polar surface area (TPSA) is 102 Å². The number of rotatable bonds is 4. The van der Waals surface area contributed by atoms with Crippen molar-refractivity contribution in [2.24, 2.45) is 0 Å². The molecule has 3 heterocycles. The van der Waals surface area contributed by atoms with Crippen LogP contribution in [0.1, 0.15) is 34.5 Å². The van der Waals surface area contributed by atoms with Crippen LogP contribution in [-0.2, 0) is 29.2 Å². The van der Waals surface area contributed by atoms with Crippen molar-refractivity contribution in [3.8, 4) is 0 Å². The summed E-state index contributed by atoms with van der Waals surface area (Å²) < 4.78 is 16.4. The van der Waals surface area contributed by atoms with E-state index in [4.69, 9.17) is 0 Å². The largest absolute Gasteiger partial charge is 0.593 e. The normalized spacial score (nSPS) is 24.7. The molecule has 4 rings (SSSR count). The fourth-order valence-corrected chi connectivity index (χ4v) is 5.32. The van der Waals surface area contributed by atoms with Crippen molar-refractivity contribution in [2.45, 2.75) is 32.0 Å². The molecule has 1 fully saturated rings. The minimum atomic E-state index is -1.28. The number of aromatic nitrogens is 2. The molecule has 27 heavy (non-hydrogen) atoms. The van der Waals surface area contributed by atoms with E-state index in [0.717, 1.165) is 17.8 Å². The van der Waals surface area contributed by atoms with Crippen molar-refractivity contribution in [1.29, 1.82) is 0 Å². The van der Waals surface area contributed by atoms with E-state index in [0.29, 0.717) is 31.0 Å². The number of carboxylic acids is 1. The Labute approximate surface area is 159 Å². The van der Waals surface area contributed by atoms with Gasteiger partial charge in [0.1, 0.15) is 11.4 Å². The van der Waals surface area contributed by atoms with Crippen molar-refractivity contribution in [1.82, 2.24) is 14.7 Å². The number of nitrogens with zero attached hydrogens (tertiary/aromatic N) is 4. The summed E-state index contributed by atoms with van der Waals surface area (Å²) in [7, 11) is 0. The zero-order valence-electron chi connectivity index (χ0n) is 14.8. The van der Waals surface area contributed by atoms with Crippen molar-refractivity contribution in [3.05, 3.63) is 47.3 Å². The number of fused-ring (bicyclic) bond motifs is 1. The molecule has 0 spiro atoms. The second kappa shape index (κ2) is 6.90. The van der Waals surface area contributed by atoms with Gasteiger partial charge < -0.3 is 14.6 Å². The lowest BCUT2D eigenvalue weighted by atomic mass is 9.95. The van der Waals surface area contributed by atoms with Gasteiger partial charge in [-0.1, -0.05) is 18.2 Å². The minimum absolute atomic E-state index is 0.0574. The van der Waals surface area contributed by atoms with Crippen LogP contribution < -0.4 is 4.31 Å². The second-order valence-electron chi connectivity index (χ2n) is 6.92. The predicted octanol–water partition coefficient (Wildman–Crippen LogP) is 1.21. The predicted molar refractivity (Wildman–Crippen MR) is 99.8 cm³/mol. The van der Waals surface area contributed by atoms with Gasteiger partial charge in [0.2, 0.25) is 6.41 Å². The quantitative estimate of drug-likeness (QED) is 0.624.